The van der Waals surface area contributed by atoms with Crippen molar-refractivity contribution in [2.75, 3.05) is 11.9 Å². The molecule has 0 aliphatic heterocycles. The minimum atomic E-state index is 0.0147. The Morgan fingerprint density at radius 2 is 2.19 bits per heavy atom. The first kappa shape index (κ1) is 13.5. The molecule has 0 fully saturated rings. The van der Waals surface area contributed by atoms with Crippen LogP contribution >= 0.6 is 27.5 Å². The van der Waals surface area contributed by atoms with E-state index in [0.717, 1.165) is 10.9 Å². The number of hydrogen-bond acceptors (Lipinski definition) is 1. The van der Waals surface area contributed by atoms with Crippen LogP contribution in [-0.4, -0.2) is 17.8 Å². The molecule has 1 rings (SSSR count). The van der Waals surface area contributed by atoms with E-state index in [2.05, 4.69) is 28.2 Å². The van der Waals surface area contributed by atoms with E-state index < -0.39 is 0 Å². The molecule has 0 aliphatic rings. The predicted molar refractivity (Wildman–Crippen MR) is 71.1 cm³/mol. The van der Waals surface area contributed by atoms with Gasteiger partial charge in [-0.1, -0.05) is 52.7 Å². The quantitative estimate of drug-likeness (QED) is 0.832. The zero-order chi connectivity index (χ0) is 12.0. The molecule has 1 aromatic carbocycles. The lowest BCUT2D eigenvalue weighted by Gasteiger charge is -2.10. The molecular formula is C12H15BrClNO. The largest absolute Gasteiger partial charge is 0.356 e. The van der Waals surface area contributed by atoms with E-state index in [1.165, 1.54) is 0 Å². The summed E-state index contributed by atoms with van der Waals surface area (Å²) in [6.45, 7) is 2.76. The average molecular weight is 305 g/mol. The summed E-state index contributed by atoms with van der Waals surface area (Å²) in [5.74, 6) is 0.455. The summed E-state index contributed by atoms with van der Waals surface area (Å²) < 4.78 is 0. The van der Waals surface area contributed by atoms with Gasteiger partial charge in [0.25, 0.3) is 0 Å². The van der Waals surface area contributed by atoms with Crippen LogP contribution in [-0.2, 0) is 11.2 Å². The van der Waals surface area contributed by atoms with Gasteiger partial charge in [-0.25, -0.2) is 0 Å². The summed E-state index contributed by atoms with van der Waals surface area (Å²) in [6, 6.07) is 7.41. The Bertz CT molecular complexity index is 357. The lowest BCUT2D eigenvalue weighted by atomic mass is 10.1. The number of amides is 1. The second-order valence-corrected chi connectivity index (χ2v) is 4.89. The predicted octanol–water partition coefficient (Wildman–Crippen LogP) is 3.03. The van der Waals surface area contributed by atoms with Gasteiger partial charge in [-0.3, -0.25) is 4.79 Å². The monoisotopic (exact) mass is 303 g/mol. The van der Waals surface area contributed by atoms with Crippen LogP contribution in [0.2, 0.25) is 5.02 Å². The number of benzene rings is 1. The first-order chi connectivity index (χ1) is 7.63. The van der Waals surface area contributed by atoms with E-state index in [9.17, 15) is 4.79 Å². The van der Waals surface area contributed by atoms with Gasteiger partial charge in [0.2, 0.25) is 5.91 Å². The number of hydrogen-bond donors (Lipinski definition) is 1. The fourth-order valence-corrected chi connectivity index (χ4v) is 1.65. The van der Waals surface area contributed by atoms with Crippen molar-refractivity contribution < 1.29 is 4.79 Å². The van der Waals surface area contributed by atoms with E-state index in [0.29, 0.717) is 23.9 Å². The second kappa shape index (κ2) is 6.92. The summed E-state index contributed by atoms with van der Waals surface area (Å²) in [4.78, 5) is 11.6. The van der Waals surface area contributed by atoms with Gasteiger partial charge in [0.1, 0.15) is 0 Å². The second-order valence-electron chi connectivity index (χ2n) is 3.83. The number of carbonyl (C=O) groups excluding carboxylic acids is 1. The normalized spacial score (nSPS) is 12.2. The highest BCUT2D eigenvalue weighted by molar-refractivity contribution is 9.09. The SMILES string of the molecule is CC(CBr)CNC(=O)Cc1ccccc1Cl. The van der Waals surface area contributed by atoms with E-state index in [-0.39, 0.29) is 5.91 Å². The van der Waals surface area contributed by atoms with Crippen molar-refractivity contribution in [3.8, 4) is 0 Å². The van der Waals surface area contributed by atoms with Gasteiger partial charge in [-0.2, -0.15) is 0 Å². The highest BCUT2D eigenvalue weighted by atomic mass is 79.9. The molecule has 16 heavy (non-hydrogen) atoms. The molecule has 1 unspecified atom stereocenters. The zero-order valence-electron chi connectivity index (χ0n) is 9.17. The highest BCUT2D eigenvalue weighted by Crippen LogP contribution is 2.15. The Morgan fingerprint density at radius 1 is 1.50 bits per heavy atom. The Kier molecular flexibility index (Phi) is 5.85. The Morgan fingerprint density at radius 3 is 2.81 bits per heavy atom. The molecule has 0 aliphatic carbocycles. The number of rotatable bonds is 5. The maximum atomic E-state index is 11.6. The van der Waals surface area contributed by atoms with Crippen LogP contribution in [0.25, 0.3) is 0 Å². The first-order valence-electron chi connectivity index (χ1n) is 5.19. The van der Waals surface area contributed by atoms with Crippen LogP contribution in [0.5, 0.6) is 0 Å². The van der Waals surface area contributed by atoms with Crippen molar-refractivity contribution in [2.45, 2.75) is 13.3 Å². The molecule has 1 N–H and O–H groups in total. The molecule has 1 amide bonds. The van der Waals surface area contributed by atoms with Crippen LogP contribution in [0, 0.1) is 5.92 Å². The molecule has 0 bridgehead atoms. The van der Waals surface area contributed by atoms with E-state index >= 15 is 0 Å². The summed E-state index contributed by atoms with van der Waals surface area (Å²) in [5, 5.41) is 4.41. The van der Waals surface area contributed by atoms with Crippen molar-refractivity contribution in [2.24, 2.45) is 5.92 Å². The smallest absolute Gasteiger partial charge is 0.224 e. The summed E-state index contributed by atoms with van der Waals surface area (Å²) in [7, 11) is 0. The van der Waals surface area contributed by atoms with Crippen LogP contribution in [0.1, 0.15) is 12.5 Å². The lowest BCUT2D eigenvalue weighted by Crippen LogP contribution is -2.30. The van der Waals surface area contributed by atoms with E-state index in [4.69, 9.17) is 11.6 Å². The Hall–Kier alpha value is -0.540. The number of nitrogens with one attached hydrogen (secondary N) is 1. The fourth-order valence-electron chi connectivity index (χ4n) is 1.22. The maximum absolute atomic E-state index is 11.6. The van der Waals surface area contributed by atoms with Crippen LogP contribution in [0.15, 0.2) is 24.3 Å². The fraction of sp³-hybridized carbons (Fsp3) is 0.417. The van der Waals surface area contributed by atoms with Crippen LogP contribution in [0.4, 0.5) is 0 Å². The number of halogens is 2. The molecule has 0 aromatic heterocycles. The van der Waals surface area contributed by atoms with Gasteiger partial charge in [0.05, 0.1) is 6.42 Å². The average Bonchev–Trinajstić information content (AvgIpc) is 2.29. The van der Waals surface area contributed by atoms with E-state index in [1.54, 1.807) is 6.07 Å². The molecule has 4 heteroatoms. The Labute approximate surface area is 110 Å². The molecule has 2 nitrogen and oxygen atoms in total. The van der Waals surface area contributed by atoms with Gasteiger partial charge in [-0.05, 0) is 17.5 Å². The topological polar surface area (TPSA) is 29.1 Å². The summed E-state index contributed by atoms with van der Waals surface area (Å²) in [6.07, 6.45) is 0.342. The molecule has 0 heterocycles. The number of alkyl halides is 1. The van der Waals surface area contributed by atoms with Crippen molar-refractivity contribution in [3.05, 3.63) is 34.9 Å². The summed E-state index contributed by atoms with van der Waals surface area (Å²) in [5.41, 5.74) is 0.869. The minimum absolute atomic E-state index is 0.0147. The molecule has 88 valence electrons. The summed E-state index contributed by atoms with van der Waals surface area (Å²) >= 11 is 9.34. The third-order valence-electron chi connectivity index (χ3n) is 2.22. The molecule has 1 aromatic rings. The maximum Gasteiger partial charge on any atom is 0.224 e. The van der Waals surface area contributed by atoms with Crippen molar-refractivity contribution >= 4 is 33.4 Å². The lowest BCUT2D eigenvalue weighted by molar-refractivity contribution is -0.120. The van der Waals surface area contributed by atoms with Gasteiger partial charge in [0, 0.05) is 16.9 Å². The third kappa shape index (κ3) is 4.54. The molecule has 0 spiro atoms. The standard InChI is InChI=1S/C12H15BrClNO/c1-9(7-13)8-15-12(16)6-10-4-2-3-5-11(10)14/h2-5,9H,6-8H2,1H3,(H,15,16). The highest BCUT2D eigenvalue weighted by Gasteiger charge is 2.07. The Balaban J connectivity index is 2.43. The van der Waals surface area contributed by atoms with Crippen molar-refractivity contribution in [1.29, 1.82) is 0 Å². The van der Waals surface area contributed by atoms with Crippen molar-refractivity contribution in [1.82, 2.24) is 5.32 Å². The number of carbonyl (C=O) groups is 1. The molecule has 0 saturated heterocycles. The molecule has 0 radical (unpaired) electrons. The molecule has 1 atom stereocenters. The third-order valence-corrected chi connectivity index (χ3v) is 3.69. The van der Waals surface area contributed by atoms with Gasteiger partial charge >= 0.3 is 0 Å². The van der Waals surface area contributed by atoms with Gasteiger partial charge < -0.3 is 5.32 Å². The first-order valence-corrected chi connectivity index (χ1v) is 6.69. The van der Waals surface area contributed by atoms with Crippen LogP contribution in [0.3, 0.4) is 0 Å². The van der Waals surface area contributed by atoms with Crippen molar-refractivity contribution in [3.63, 3.8) is 0 Å². The zero-order valence-corrected chi connectivity index (χ0v) is 11.5. The van der Waals surface area contributed by atoms with Gasteiger partial charge in [-0.15, -0.1) is 0 Å². The molecule has 0 saturated carbocycles. The van der Waals surface area contributed by atoms with Gasteiger partial charge in [0.15, 0.2) is 0 Å². The minimum Gasteiger partial charge on any atom is -0.356 e. The van der Waals surface area contributed by atoms with Crippen LogP contribution < -0.4 is 5.32 Å². The molecular weight excluding hydrogens is 289 g/mol. The van der Waals surface area contributed by atoms with E-state index in [1.807, 2.05) is 18.2 Å².